The minimum Gasteiger partial charge on any atom is -0.399 e. The molecule has 2 aromatic carbocycles. The Kier molecular flexibility index (Phi) is 6.86. The molecule has 0 saturated carbocycles. The highest BCUT2D eigenvalue weighted by Crippen LogP contribution is 2.29. The van der Waals surface area contributed by atoms with Crippen LogP contribution in [0.2, 0.25) is 0 Å². The maximum atomic E-state index is 12.5. The van der Waals surface area contributed by atoms with Gasteiger partial charge in [0.15, 0.2) is 0 Å². The van der Waals surface area contributed by atoms with Crippen molar-refractivity contribution in [1.29, 1.82) is 0 Å². The summed E-state index contributed by atoms with van der Waals surface area (Å²) in [5.41, 5.74) is 10.7. The van der Waals surface area contributed by atoms with E-state index in [0.717, 1.165) is 34.5 Å². The molecule has 27 heavy (non-hydrogen) atoms. The van der Waals surface area contributed by atoms with Crippen molar-refractivity contribution >= 4 is 35.6 Å². The number of aryl methyl sites for hydroxylation is 1. The third kappa shape index (κ3) is 4.80. The SMILES string of the molecule is Cc1cccc(N2CC(C(=O)NCCc3ccc(N)cc3)CC2=O)c1C.Cl. The zero-order valence-electron chi connectivity index (χ0n) is 15.7. The van der Waals surface area contributed by atoms with Gasteiger partial charge in [-0.3, -0.25) is 9.59 Å². The number of hydrogen-bond acceptors (Lipinski definition) is 3. The standard InChI is InChI=1S/C21H25N3O2.ClH/c1-14-4-3-5-19(15(14)2)24-13-17(12-20(24)25)21(26)23-11-10-16-6-8-18(22)9-7-16;/h3-9,17H,10-13,22H2,1-2H3,(H,23,26);1H. The molecular weight excluding hydrogens is 362 g/mol. The molecule has 1 heterocycles. The lowest BCUT2D eigenvalue weighted by Gasteiger charge is -2.20. The predicted octanol–water partition coefficient (Wildman–Crippen LogP) is 3.02. The van der Waals surface area contributed by atoms with E-state index in [9.17, 15) is 9.59 Å². The first kappa shape index (κ1) is 20.8. The minimum atomic E-state index is -0.297. The van der Waals surface area contributed by atoms with E-state index < -0.39 is 0 Å². The average Bonchev–Trinajstić information content (AvgIpc) is 3.01. The first-order valence-electron chi connectivity index (χ1n) is 8.94. The van der Waals surface area contributed by atoms with E-state index >= 15 is 0 Å². The molecule has 0 bridgehead atoms. The van der Waals surface area contributed by atoms with E-state index in [2.05, 4.69) is 5.32 Å². The molecule has 0 aromatic heterocycles. The van der Waals surface area contributed by atoms with Gasteiger partial charge in [0, 0.05) is 30.9 Å². The number of benzene rings is 2. The molecule has 5 nitrogen and oxygen atoms in total. The number of nitrogens with one attached hydrogen (secondary N) is 1. The van der Waals surface area contributed by atoms with Crippen LogP contribution in [0.4, 0.5) is 11.4 Å². The zero-order valence-corrected chi connectivity index (χ0v) is 16.5. The molecule has 6 heteroatoms. The third-order valence-corrected chi connectivity index (χ3v) is 5.06. The average molecular weight is 388 g/mol. The fourth-order valence-corrected chi connectivity index (χ4v) is 3.30. The normalized spacial score (nSPS) is 16.1. The van der Waals surface area contributed by atoms with Gasteiger partial charge in [-0.1, -0.05) is 24.3 Å². The van der Waals surface area contributed by atoms with Crippen LogP contribution in [-0.4, -0.2) is 24.9 Å². The summed E-state index contributed by atoms with van der Waals surface area (Å²) in [5, 5.41) is 2.96. The van der Waals surface area contributed by atoms with Gasteiger partial charge in [-0.25, -0.2) is 0 Å². The number of nitrogens with two attached hydrogens (primary N) is 1. The smallest absolute Gasteiger partial charge is 0.227 e. The van der Waals surface area contributed by atoms with Crippen molar-refractivity contribution in [3.05, 3.63) is 59.2 Å². The van der Waals surface area contributed by atoms with Gasteiger partial charge in [0.2, 0.25) is 11.8 Å². The summed E-state index contributed by atoms with van der Waals surface area (Å²) in [6, 6.07) is 13.6. The number of amides is 2. The van der Waals surface area contributed by atoms with Crippen molar-refractivity contribution in [3.63, 3.8) is 0 Å². The monoisotopic (exact) mass is 387 g/mol. The number of nitrogens with zero attached hydrogens (tertiary/aromatic N) is 1. The molecule has 3 N–H and O–H groups in total. The maximum Gasteiger partial charge on any atom is 0.227 e. The highest BCUT2D eigenvalue weighted by molar-refractivity contribution is 6.00. The van der Waals surface area contributed by atoms with Crippen LogP contribution in [-0.2, 0) is 16.0 Å². The van der Waals surface area contributed by atoms with Crippen LogP contribution < -0.4 is 16.0 Å². The van der Waals surface area contributed by atoms with Gasteiger partial charge in [-0.05, 0) is 55.2 Å². The molecule has 2 aromatic rings. The Hall–Kier alpha value is -2.53. The van der Waals surface area contributed by atoms with Crippen LogP contribution in [0.15, 0.2) is 42.5 Å². The van der Waals surface area contributed by atoms with E-state index in [1.165, 1.54) is 0 Å². The van der Waals surface area contributed by atoms with Gasteiger partial charge in [0.25, 0.3) is 0 Å². The van der Waals surface area contributed by atoms with Gasteiger partial charge in [0.05, 0.1) is 5.92 Å². The third-order valence-electron chi connectivity index (χ3n) is 5.06. The van der Waals surface area contributed by atoms with Gasteiger partial charge in [-0.15, -0.1) is 12.4 Å². The molecule has 1 unspecified atom stereocenters. The van der Waals surface area contributed by atoms with Crippen LogP contribution in [0.1, 0.15) is 23.1 Å². The Morgan fingerprint density at radius 2 is 1.89 bits per heavy atom. The second-order valence-electron chi connectivity index (χ2n) is 6.91. The van der Waals surface area contributed by atoms with Gasteiger partial charge >= 0.3 is 0 Å². The van der Waals surface area contributed by atoms with Crippen LogP contribution in [0.3, 0.4) is 0 Å². The lowest BCUT2D eigenvalue weighted by atomic mass is 10.1. The molecule has 2 amide bonds. The minimum absolute atomic E-state index is 0. The quantitative estimate of drug-likeness (QED) is 0.774. The number of carbonyl (C=O) groups excluding carboxylic acids is 2. The van der Waals surface area contributed by atoms with Crippen LogP contribution in [0.25, 0.3) is 0 Å². The molecule has 0 spiro atoms. The summed E-state index contributed by atoms with van der Waals surface area (Å²) in [7, 11) is 0. The summed E-state index contributed by atoms with van der Waals surface area (Å²) in [6.45, 7) is 5.03. The van der Waals surface area contributed by atoms with Crippen LogP contribution in [0.5, 0.6) is 0 Å². The van der Waals surface area contributed by atoms with Crippen LogP contribution in [0, 0.1) is 19.8 Å². The predicted molar refractivity (Wildman–Crippen MR) is 111 cm³/mol. The van der Waals surface area contributed by atoms with Crippen molar-refractivity contribution in [2.24, 2.45) is 5.92 Å². The van der Waals surface area contributed by atoms with Crippen molar-refractivity contribution in [2.75, 3.05) is 23.7 Å². The molecule has 1 atom stereocenters. The maximum absolute atomic E-state index is 12.5. The van der Waals surface area contributed by atoms with Crippen molar-refractivity contribution < 1.29 is 9.59 Å². The summed E-state index contributed by atoms with van der Waals surface area (Å²) >= 11 is 0. The second kappa shape index (κ2) is 8.91. The number of rotatable bonds is 5. The molecule has 144 valence electrons. The largest absolute Gasteiger partial charge is 0.399 e. The Labute approximate surface area is 166 Å². The number of hydrogen-bond donors (Lipinski definition) is 2. The highest BCUT2D eigenvalue weighted by Gasteiger charge is 2.35. The molecule has 1 aliphatic rings. The van der Waals surface area contributed by atoms with Crippen LogP contribution >= 0.6 is 12.4 Å². The van der Waals surface area contributed by atoms with Gasteiger partial charge < -0.3 is 16.0 Å². The van der Waals surface area contributed by atoms with Gasteiger partial charge in [0.1, 0.15) is 0 Å². The topological polar surface area (TPSA) is 75.4 Å². The summed E-state index contributed by atoms with van der Waals surface area (Å²) in [5.74, 6) is -0.340. The van der Waals surface area contributed by atoms with Crippen molar-refractivity contribution in [3.8, 4) is 0 Å². The Morgan fingerprint density at radius 3 is 2.59 bits per heavy atom. The molecule has 0 radical (unpaired) electrons. The van der Waals surface area contributed by atoms with E-state index in [1.54, 1.807) is 4.90 Å². The second-order valence-corrected chi connectivity index (χ2v) is 6.91. The van der Waals surface area contributed by atoms with Crippen molar-refractivity contribution in [2.45, 2.75) is 26.7 Å². The number of anilines is 2. The lowest BCUT2D eigenvalue weighted by molar-refractivity contribution is -0.126. The van der Waals surface area contributed by atoms with E-state index in [4.69, 9.17) is 5.73 Å². The number of nitrogen functional groups attached to an aromatic ring is 1. The van der Waals surface area contributed by atoms with Gasteiger partial charge in [-0.2, -0.15) is 0 Å². The number of halogens is 1. The molecular formula is C21H26ClN3O2. The molecule has 0 aliphatic carbocycles. The van der Waals surface area contributed by atoms with E-state index in [1.807, 2.05) is 56.3 Å². The van der Waals surface area contributed by atoms with E-state index in [-0.39, 0.29) is 36.6 Å². The Balaban J connectivity index is 0.00000261. The fraction of sp³-hybridized carbons (Fsp3) is 0.333. The fourth-order valence-electron chi connectivity index (χ4n) is 3.30. The summed E-state index contributed by atoms with van der Waals surface area (Å²) < 4.78 is 0. The first-order valence-corrected chi connectivity index (χ1v) is 8.94. The van der Waals surface area contributed by atoms with E-state index in [0.29, 0.717) is 13.1 Å². The first-order chi connectivity index (χ1) is 12.5. The Bertz CT molecular complexity index is 821. The number of carbonyl (C=O) groups is 2. The lowest BCUT2D eigenvalue weighted by Crippen LogP contribution is -2.34. The summed E-state index contributed by atoms with van der Waals surface area (Å²) in [6.07, 6.45) is 1.01. The molecule has 1 fully saturated rings. The Morgan fingerprint density at radius 1 is 1.19 bits per heavy atom. The van der Waals surface area contributed by atoms with Crippen molar-refractivity contribution in [1.82, 2.24) is 5.32 Å². The zero-order chi connectivity index (χ0) is 18.7. The summed E-state index contributed by atoms with van der Waals surface area (Å²) in [4.78, 5) is 26.6. The molecule has 1 saturated heterocycles. The molecule has 3 rings (SSSR count). The highest BCUT2D eigenvalue weighted by atomic mass is 35.5. The molecule has 1 aliphatic heterocycles.